The molecule has 0 saturated carbocycles. The second-order valence-electron chi connectivity index (χ2n) is 6.11. The zero-order valence-electron chi connectivity index (χ0n) is 14.5. The van der Waals surface area contributed by atoms with Crippen LogP contribution in [0.2, 0.25) is 0 Å². The molecular formula is C17H18N4O4S. The van der Waals surface area contributed by atoms with Crippen LogP contribution >= 0.6 is 11.3 Å². The molecule has 1 amide bonds. The molecule has 136 valence electrons. The molecule has 0 radical (unpaired) electrons. The molecule has 0 spiro atoms. The van der Waals surface area contributed by atoms with Crippen molar-refractivity contribution in [2.24, 2.45) is 0 Å². The predicted molar refractivity (Wildman–Crippen MR) is 92.6 cm³/mol. The first-order valence-corrected chi connectivity index (χ1v) is 9.18. The van der Waals surface area contributed by atoms with E-state index in [2.05, 4.69) is 15.3 Å². The highest BCUT2D eigenvalue weighted by Crippen LogP contribution is 2.26. The molecule has 3 aromatic rings. The lowest BCUT2D eigenvalue weighted by molar-refractivity contribution is -0.139. The third-order valence-electron chi connectivity index (χ3n) is 4.39. The van der Waals surface area contributed by atoms with Crippen molar-refractivity contribution in [3.63, 3.8) is 0 Å². The molecule has 1 saturated heterocycles. The molecule has 0 bridgehead atoms. The second-order valence-corrected chi connectivity index (χ2v) is 7.06. The van der Waals surface area contributed by atoms with E-state index in [1.807, 2.05) is 31.4 Å². The van der Waals surface area contributed by atoms with Crippen molar-refractivity contribution < 1.29 is 18.6 Å². The third-order valence-corrected chi connectivity index (χ3v) is 5.25. The highest BCUT2D eigenvalue weighted by molar-refractivity contribution is 7.13. The van der Waals surface area contributed by atoms with Crippen LogP contribution in [0.15, 0.2) is 26.6 Å². The van der Waals surface area contributed by atoms with Crippen molar-refractivity contribution in [1.29, 1.82) is 0 Å². The summed E-state index contributed by atoms with van der Waals surface area (Å²) in [5.41, 5.74) is 1.59. The summed E-state index contributed by atoms with van der Waals surface area (Å²) >= 11 is 1.54. The van der Waals surface area contributed by atoms with Gasteiger partial charge in [-0.3, -0.25) is 4.79 Å². The van der Waals surface area contributed by atoms with E-state index in [4.69, 9.17) is 13.8 Å². The molecule has 1 atom stereocenters. The zero-order chi connectivity index (χ0) is 18.1. The van der Waals surface area contributed by atoms with Crippen LogP contribution in [0.3, 0.4) is 0 Å². The Morgan fingerprint density at radius 2 is 2.23 bits per heavy atom. The van der Waals surface area contributed by atoms with Gasteiger partial charge in [0.25, 0.3) is 5.89 Å². The van der Waals surface area contributed by atoms with Crippen molar-refractivity contribution in [3.05, 3.63) is 40.4 Å². The predicted octanol–water partition coefficient (Wildman–Crippen LogP) is 2.55. The molecule has 4 rings (SSSR count). The van der Waals surface area contributed by atoms with Gasteiger partial charge in [-0.05, 0) is 25.3 Å². The molecule has 1 aliphatic heterocycles. The van der Waals surface area contributed by atoms with Crippen LogP contribution in [-0.2, 0) is 16.0 Å². The molecule has 4 heterocycles. The van der Waals surface area contributed by atoms with Gasteiger partial charge in [-0.15, -0.1) is 11.3 Å². The molecule has 0 aliphatic carbocycles. The van der Waals surface area contributed by atoms with Crippen LogP contribution in [0.4, 0.5) is 0 Å². The summed E-state index contributed by atoms with van der Waals surface area (Å²) in [5.74, 6) is 1.62. The normalized spacial score (nSPS) is 17.6. The van der Waals surface area contributed by atoms with Gasteiger partial charge in [-0.1, -0.05) is 16.4 Å². The van der Waals surface area contributed by atoms with Crippen molar-refractivity contribution in [2.75, 3.05) is 19.7 Å². The van der Waals surface area contributed by atoms with Crippen molar-refractivity contribution in [1.82, 2.24) is 20.2 Å². The monoisotopic (exact) mass is 374 g/mol. The van der Waals surface area contributed by atoms with Gasteiger partial charge in [-0.2, -0.15) is 4.98 Å². The lowest BCUT2D eigenvalue weighted by Gasteiger charge is -2.31. The number of carbonyl (C=O) groups is 1. The Hall–Kier alpha value is -2.52. The van der Waals surface area contributed by atoms with Gasteiger partial charge >= 0.3 is 0 Å². The van der Waals surface area contributed by atoms with E-state index in [1.165, 1.54) is 0 Å². The van der Waals surface area contributed by atoms with Crippen LogP contribution in [0, 0.1) is 13.8 Å². The molecule has 26 heavy (non-hydrogen) atoms. The maximum Gasteiger partial charge on any atom is 0.257 e. The highest BCUT2D eigenvalue weighted by atomic mass is 32.1. The largest absolute Gasteiger partial charge is 0.365 e. The van der Waals surface area contributed by atoms with Crippen molar-refractivity contribution >= 4 is 17.2 Å². The SMILES string of the molecule is Cc1noc(C)c1CC(=O)N1CCOC(c2nc(-c3cccs3)no2)C1. The molecule has 3 aromatic heterocycles. The average Bonchev–Trinajstić information content (AvgIpc) is 3.39. The van der Waals surface area contributed by atoms with E-state index >= 15 is 0 Å². The number of carbonyl (C=O) groups excluding carboxylic acids is 1. The second kappa shape index (κ2) is 7.00. The number of amides is 1. The molecule has 1 unspecified atom stereocenters. The van der Waals surface area contributed by atoms with Crippen LogP contribution < -0.4 is 0 Å². The fourth-order valence-electron chi connectivity index (χ4n) is 2.91. The fraction of sp³-hybridized carbons (Fsp3) is 0.412. The van der Waals surface area contributed by atoms with E-state index in [0.717, 1.165) is 16.1 Å². The molecule has 0 aromatic carbocycles. The van der Waals surface area contributed by atoms with Crippen molar-refractivity contribution in [2.45, 2.75) is 26.4 Å². The number of thiophene rings is 1. The lowest BCUT2D eigenvalue weighted by Crippen LogP contribution is -2.43. The Morgan fingerprint density at radius 3 is 2.96 bits per heavy atom. The maximum absolute atomic E-state index is 12.7. The van der Waals surface area contributed by atoms with Gasteiger partial charge in [-0.25, -0.2) is 0 Å². The van der Waals surface area contributed by atoms with Crippen LogP contribution in [0.5, 0.6) is 0 Å². The third kappa shape index (κ3) is 3.27. The topological polar surface area (TPSA) is 94.5 Å². The van der Waals surface area contributed by atoms with Gasteiger partial charge in [0, 0.05) is 12.1 Å². The van der Waals surface area contributed by atoms with Crippen molar-refractivity contribution in [3.8, 4) is 10.7 Å². The first-order chi connectivity index (χ1) is 12.6. The van der Waals surface area contributed by atoms with Crippen LogP contribution in [-0.4, -0.2) is 45.8 Å². The standard InChI is InChI=1S/C17H18N4O4S/c1-10-12(11(2)24-19-10)8-15(22)21-5-6-23-13(9-21)17-18-16(20-25-17)14-4-3-7-26-14/h3-4,7,13H,5-6,8-9H2,1-2H3. The molecule has 1 fully saturated rings. The number of ether oxygens (including phenoxy) is 1. The summed E-state index contributed by atoms with van der Waals surface area (Å²) in [6, 6.07) is 3.86. The lowest BCUT2D eigenvalue weighted by atomic mass is 10.1. The molecule has 8 nitrogen and oxygen atoms in total. The van der Waals surface area contributed by atoms with Crippen LogP contribution in [0.25, 0.3) is 10.7 Å². The fourth-order valence-corrected chi connectivity index (χ4v) is 3.56. The maximum atomic E-state index is 12.7. The summed E-state index contributed by atoms with van der Waals surface area (Å²) < 4.78 is 16.2. The van der Waals surface area contributed by atoms with Gasteiger partial charge in [0.1, 0.15) is 5.76 Å². The number of rotatable bonds is 4. The minimum Gasteiger partial charge on any atom is -0.365 e. The number of nitrogens with zero attached hydrogens (tertiary/aromatic N) is 4. The summed E-state index contributed by atoms with van der Waals surface area (Å²) in [7, 11) is 0. The van der Waals surface area contributed by atoms with E-state index in [0.29, 0.717) is 37.2 Å². The number of aromatic nitrogens is 3. The number of aryl methyl sites for hydroxylation is 2. The quantitative estimate of drug-likeness (QED) is 0.692. The molecular weight excluding hydrogens is 356 g/mol. The van der Waals surface area contributed by atoms with Gasteiger partial charge < -0.3 is 18.7 Å². The number of hydrogen-bond acceptors (Lipinski definition) is 8. The first-order valence-electron chi connectivity index (χ1n) is 8.30. The van der Waals surface area contributed by atoms with E-state index in [1.54, 1.807) is 16.2 Å². The average molecular weight is 374 g/mol. The Kier molecular flexibility index (Phi) is 4.56. The summed E-state index contributed by atoms with van der Waals surface area (Å²) in [6.07, 6.45) is -0.156. The van der Waals surface area contributed by atoms with E-state index < -0.39 is 6.10 Å². The summed E-state index contributed by atoms with van der Waals surface area (Å²) in [4.78, 5) is 19.8. The Bertz CT molecular complexity index is 882. The van der Waals surface area contributed by atoms with E-state index in [9.17, 15) is 4.79 Å². The van der Waals surface area contributed by atoms with Gasteiger partial charge in [0.2, 0.25) is 11.7 Å². The highest BCUT2D eigenvalue weighted by Gasteiger charge is 2.30. The zero-order valence-corrected chi connectivity index (χ0v) is 15.3. The minimum absolute atomic E-state index is 0.00527. The molecule has 1 aliphatic rings. The number of morpholine rings is 1. The Morgan fingerprint density at radius 1 is 1.35 bits per heavy atom. The summed E-state index contributed by atoms with van der Waals surface area (Å²) in [6.45, 7) is 4.99. The Labute approximate surface area is 153 Å². The minimum atomic E-state index is -0.418. The summed E-state index contributed by atoms with van der Waals surface area (Å²) in [5, 5.41) is 9.87. The number of hydrogen-bond donors (Lipinski definition) is 0. The molecule has 0 N–H and O–H groups in total. The van der Waals surface area contributed by atoms with Gasteiger partial charge in [0.05, 0.1) is 30.1 Å². The smallest absolute Gasteiger partial charge is 0.257 e. The van der Waals surface area contributed by atoms with Crippen LogP contribution in [0.1, 0.15) is 29.0 Å². The van der Waals surface area contributed by atoms with E-state index in [-0.39, 0.29) is 12.3 Å². The first kappa shape index (κ1) is 16.9. The Balaban J connectivity index is 1.45. The van der Waals surface area contributed by atoms with Gasteiger partial charge in [0.15, 0.2) is 6.10 Å². The molecule has 9 heteroatoms.